The number of amides is 1. The van der Waals surface area contributed by atoms with Gasteiger partial charge in [0.2, 0.25) is 5.91 Å². The van der Waals surface area contributed by atoms with E-state index in [0.717, 1.165) is 33.1 Å². The van der Waals surface area contributed by atoms with Gasteiger partial charge in [-0.15, -0.1) is 10.2 Å². The molecule has 164 valence electrons. The molecular formula is C24H24ClN5OS. The second kappa shape index (κ2) is 10.1. The van der Waals surface area contributed by atoms with Crippen molar-refractivity contribution in [2.24, 2.45) is 0 Å². The second-order valence-corrected chi connectivity index (χ2v) is 9.02. The van der Waals surface area contributed by atoms with E-state index in [0.29, 0.717) is 18.1 Å². The molecule has 1 unspecified atom stereocenters. The monoisotopic (exact) mass is 465 g/mol. The number of hydrogen-bond acceptors (Lipinski definition) is 5. The molecule has 0 radical (unpaired) electrons. The van der Waals surface area contributed by atoms with E-state index < -0.39 is 0 Å². The number of aromatic nitrogens is 3. The Bertz CT molecular complexity index is 1220. The molecule has 0 saturated carbocycles. The molecule has 4 aromatic rings. The molecule has 0 aliphatic rings. The van der Waals surface area contributed by atoms with Gasteiger partial charge in [-0.25, -0.2) is 0 Å². The Morgan fingerprint density at radius 2 is 1.81 bits per heavy atom. The molecular weight excluding hydrogens is 442 g/mol. The molecule has 0 fully saturated rings. The number of halogens is 1. The molecule has 3 aromatic carbocycles. The number of nitrogens with zero attached hydrogens (tertiary/aromatic N) is 3. The van der Waals surface area contributed by atoms with Gasteiger partial charge in [-0.3, -0.25) is 4.79 Å². The van der Waals surface area contributed by atoms with Crippen LogP contribution in [-0.4, -0.2) is 25.9 Å². The van der Waals surface area contributed by atoms with E-state index in [1.54, 1.807) is 0 Å². The maximum absolute atomic E-state index is 12.9. The summed E-state index contributed by atoms with van der Waals surface area (Å²) in [5, 5.41) is 18.2. The first-order valence-electron chi connectivity index (χ1n) is 10.4. The Hall–Kier alpha value is -3.03. The summed E-state index contributed by atoms with van der Waals surface area (Å²) >= 11 is 7.35. The predicted molar refractivity (Wildman–Crippen MR) is 132 cm³/mol. The van der Waals surface area contributed by atoms with E-state index in [9.17, 15) is 4.79 Å². The zero-order valence-electron chi connectivity index (χ0n) is 17.9. The number of benzene rings is 3. The molecule has 0 aliphatic carbocycles. The maximum Gasteiger partial charge on any atom is 0.237 e. The molecule has 2 N–H and O–H groups in total. The highest BCUT2D eigenvalue weighted by Gasteiger charge is 2.20. The first-order valence-corrected chi connectivity index (χ1v) is 11.7. The summed E-state index contributed by atoms with van der Waals surface area (Å²) in [7, 11) is 0. The van der Waals surface area contributed by atoms with Crippen molar-refractivity contribution in [3.05, 3.63) is 77.6 Å². The van der Waals surface area contributed by atoms with Gasteiger partial charge < -0.3 is 15.2 Å². The number of hydrogen-bond donors (Lipinski definition) is 2. The summed E-state index contributed by atoms with van der Waals surface area (Å²) < 4.78 is 2.02. The largest absolute Gasteiger partial charge is 0.378 e. The van der Waals surface area contributed by atoms with Gasteiger partial charge in [-0.05, 0) is 49.6 Å². The van der Waals surface area contributed by atoms with Crippen molar-refractivity contribution in [3.8, 4) is 0 Å². The Balaban J connectivity index is 1.42. The molecule has 1 aromatic heterocycles. The highest BCUT2D eigenvalue weighted by molar-refractivity contribution is 8.00. The molecule has 4 rings (SSSR count). The lowest BCUT2D eigenvalue weighted by molar-refractivity contribution is -0.115. The summed E-state index contributed by atoms with van der Waals surface area (Å²) in [6.07, 6.45) is 0. The normalized spacial score (nSPS) is 12.0. The lowest BCUT2D eigenvalue weighted by Gasteiger charge is -2.14. The third kappa shape index (κ3) is 5.06. The fourth-order valence-electron chi connectivity index (χ4n) is 3.38. The van der Waals surface area contributed by atoms with Crippen molar-refractivity contribution in [1.82, 2.24) is 14.8 Å². The second-order valence-electron chi connectivity index (χ2n) is 7.28. The van der Waals surface area contributed by atoms with E-state index in [1.807, 2.05) is 85.1 Å². The van der Waals surface area contributed by atoms with Gasteiger partial charge in [0.1, 0.15) is 0 Å². The van der Waals surface area contributed by atoms with Crippen LogP contribution in [0.1, 0.15) is 19.7 Å². The van der Waals surface area contributed by atoms with Crippen LogP contribution in [0.15, 0.2) is 71.9 Å². The Morgan fingerprint density at radius 3 is 2.59 bits per heavy atom. The Kier molecular flexibility index (Phi) is 6.97. The molecule has 1 amide bonds. The van der Waals surface area contributed by atoms with Crippen molar-refractivity contribution >= 4 is 51.4 Å². The van der Waals surface area contributed by atoms with Crippen LogP contribution in [0.4, 0.5) is 11.4 Å². The number of thioether (sulfide) groups is 1. The third-order valence-corrected chi connectivity index (χ3v) is 6.44. The number of carbonyl (C=O) groups excluding carboxylic acids is 1. The summed E-state index contributed by atoms with van der Waals surface area (Å²) in [6, 6.07) is 21.4. The molecule has 8 heteroatoms. The standard InChI is InChI=1S/C24H24ClN5OS/c1-3-30-22(15-26-19-13-11-18(25)12-14-19)28-29-24(30)32-16(2)23(31)27-21-10-6-8-17-7-4-5-9-20(17)21/h4-14,16,26H,3,15H2,1-2H3,(H,27,31). The SMILES string of the molecule is CCn1c(CNc2ccc(Cl)cc2)nnc1SC(C)C(=O)Nc1cccc2ccccc12. The summed E-state index contributed by atoms with van der Waals surface area (Å²) in [5.41, 5.74) is 1.77. The van der Waals surface area contributed by atoms with Gasteiger partial charge in [-0.1, -0.05) is 59.8 Å². The van der Waals surface area contributed by atoms with Crippen LogP contribution in [0, 0.1) is 0 Å². The van der Waals surface area contributed by atoms with E-state index in [1.165, 1.54) is 11.8 Å². The molecule has 0 aliphatic heterocycles. The minimum atomic E-state index is -0.333. The quantitative estimate of drug-likeness (QED) is 0.320. The van der Waals surface area contributed by atoms with Crippen LogP contribution in [0.2, 0.25) is 5.02 Å². The zero-order valence-corrected chi connectivity index (χ0v) is 19.5. The minimum Gasteiger partial charge on any atom is -0.378 e. The first kappa shape index (κ1) is 22.2. The molecule has 0 spiro atoms. The summed E-state index contributed by atoms with van der Waals surface area (Å²) in [6.45, 7) is 5.16. The van der Waals surface area contributed by atoms with Crippen molar-refractivity contribution in [3.63, 3.8) is 0 Å². The van der Waals surface area contributed by atoms with Crippen molar-refractivity contribution < 1.29 is 4.79 Å². The number of fused-ring (bicyclic) bond motifs is 1. The van der Waals surface area contributed by atoms with Gasteiger partial charge in [0.05, 0.1) is 11.8 Å². The lowest BCUT2D eigenvalue weighted by atomic mass is 10.1. The Morgan fingerprint density at radius 1 is 1.06 bits per heavy atom. The van der Waals surface area contributed by atoms with Gasteiger partial charge >= 0.3 is 0 Å². The molecule has 0 saturated heterocycles. The lowest BCUT2D eigenvalue weighted by Crippen LogP contribution is -2.23. The van der Waals surface area contributed by atoms with Gasteiger partial charge in [0.15, 0.2) is 11.0 Å². The molecule has 32 heavy (non-hydrogen) atoms. The topological polar surface area (TPSA) is 71.8 Å². The molecule has 0 bridgehead atoms. The van der Waals surface area contributed by atoms with E-state index in [2.05, 4.69) is 20.8 Å². The molecule has 1 atom stereocenters. The van der Waals surface area contributed by atoms with Crippen molar-refractivity contribution in [2.75, 3.05) is 10.6 Å². The van der Waals surface area contributed by atoms with E-state index in [4.69, 9.17) is 11.6 Å². The van der Waals surface area contributed by atoms with Crippen LogP contribution in [0.5, 0.6) is 0 Å². The van der Waals surface area contributed by atoms with Crippen molar-refractivity contribution in [1.29, 1.82) is 0 Å². The number of nitrogens with one attached hydrogen (secondary N) is 2. The average Bonchev–Trinajstić information content (AvgIpc) is 3.20. The van der Waals surface area contributed by atoms with E-state index in [-0.39, 0.29) is 11.2 Å². The third-order valence-electron chi connectivity index (χ3n) is 5.10. The number of carbonyl (C=O) groups is 1. The first-order chi connectivity index (χ1) is 15.5. The summed E-state index contributed by atoms with van der Waals surface area (Å²) in [4.78, 5) is 12.9. The van der Waals surface area contributed by atoms with Gasteiger partial charge in [-0.2, -0.15) is 0 Å². The number of rotatable bonds is 8. The summed E-state index contributed by atoms with van der Waals surface area (Å²) in [5.74, 6) is 0.740. The smallest absolute Gasteiger partial charge is 0.237 e. The molecule has 6 nitrogen and oxygen atoms in total. The molecule has 1 heterocycles. The van der Waals surface area contributed by atoms with Gasteiger partial charge in [0.25, 0.3) is 0 Å². The minimum absolute atomic E-state index is 0.0714. The van der Waals surface area contributed by atoms with Crippen LogP contribution < -0.4 is 10.6 Å². The maximum atomic E-state index is 12.9. The van der Waals surface area contributed by atoms with Crippen molar-refractivity contribution in [2.45, 2.75) is 37.3 Å². The van der Waals surface area contributed by atoms with Crippen LogP contribution in [0.3, 0.4) is 0 Å². The van der Waals surface area contributed by atoms with Crippen LogP contribution in [-0.2, 0) is 17.9 Å². The predicted octanol–water partition coefficient (Wildman–Crippen LogP) is 5.84. The Labute approximate surface area is 196 Å². The van der Waals surface area contributed by atoms with Gasteiger partial charge in [0, 0.05) is 28.3 Å². The van der Waals surface area contributed by atoms with Crippen LogP contribution in [0.25, 0.3) is 10.8 Å². The number of anilines is 2. The van der Waals surface area contributed by atoms with E-state index >= 15 is 0 Å². The fraction of sp³-hybridized carbons (Fsp3) is 0.208. The fourth-order valence-corrected chi connectivity index (χ4v) is 4.44. The van der Waals surface area contributed by atoms with Crippen LogP contribution >= 0.6 is 23.4 Å². The average molecular weight is 466 g/mol. The highest BCUT2D eigenvalue weighted by Crippen LogP contribution is 2.27. The zero-order chi connectivity index (χ0) is 22.5. The highest BCUT2D eigenvalue weighted by atomic mass is 35.5.